The zero-order chi connectivity index (χ0) is 32.1. The molecule has 1 aromatic heterocycles. The topological polar surface area (TPSA) is 74.1 Å². The molecule has 10 heteroatoms. The second-order valence-corrected chi connectivity index (χ2v) is 13.4. The first kappa shape index (κ1) is 35.9. The van der Waals surface area contributed by atoms with Gasteiger partial charge in [-0.1, -0.05) is 101 Å². The van der Waals surface area contributed by atoms with Crippen LogP contribution in [0, 0.1) is 25.7 Å². The number of anilines is 3. The van der Waals surface area contributed by atoms with Crippen LogP contribution in [0.3, 0.4) is 0 Å². The van der Waals surface area contributed by atoms with E-state index in [1.54, 1.807) is 25.3 Å². The summed E-state index contributed by atoms with van der Waals surface area (Å²) in [6.07, 6.45) is 9.89. The molecule has 3 rings (SSSR count). The van der Waals surface area contributed by atoms with Gasteiger partial charge in [0.1, 0.15) is 10.8 Å². The summed E-state index contributed by atoms with van der Waals surface area (Å²) >= 11 is 13.7. The van der Waals surface area contributed by atoms with E-state index in [2.05, 4.69) is 71.6 Å². The number of aromatic nitrogens is 1. The van der Waals surface area contributed by atoms with Gasteiger partial charge in [0.05, 0.1) is 29.9 Å². The number of nitrogens with one attached hydrogen (secondary N) is 2. The van der Waals surface area contributed by atoms with E-state index in [1.165, 1.54) is 62.7 Å². The number of hydrazine groups is 1. The smallest absolute Gasteiger partial charge is 0.232 e. The lowest BCUT2D eigenvalue weighted by Crippen LogP contribution is -2.34. The van der Waals surface area contributed by atoms with Crippen molar-refractivity contribution in [2.24, 2.45) is 22.1 Å². The van der Waals surface area contributed by atoms with E-state index in [1.807, 2.05) is 13.0 Å². The van der Waals surface area contributed by atoms with E-state index in [0.717, 1.165) is 52.2 Å². The summed E-state index contributed by atoms with van der Waals surface area (Å²) in [7, 11) is 1.75. The van der Waals surface area contributed by atoms with Crippen molar-refractivity contribution in [2.45, 2.75) is 92.9 Å². The van der Waals surface area contributed by atoms with Gasteiger partial charge in [0.15, 0.2) is 0 Å². The van der Waals surface area contributed by atoms with Crippen molar-refractivity contribution in [2.75, 3.05) is 36.0 Å². The zero-order valence-corrected chi connectivity index (χ0v) is 29.8. The third-order valence-corrected chi connectivity index (χ3v) is 9.49. The molecule has 0 radical (unpaired) electrons. The molecule has 1 heterocycles. The standard InChI is InChI=1S/C34H50Cl2N6OS/c1-8-12-14-25(10-3)21-42(22-26(11-4)15-13-9-2)31-16-23(5)30(20-32(31)43-7)39-41-34-37-24(6)33(44-34)40-38-29-18-27(35)17-28(36)19-29/h16-20,25-26,38,40H,8-15,21-22H2,1-7H3. The minimum absolute atomic E-state index is 0.556. The summed E-state index contributed by atoms with van der Waals surface area (Å²) in [5, 5.41) is 11.6. The molecule has 2 N–H and O–H groups in total. The maximum atomic E-state index is 6.12. The largest absolute Gasteiger partial charge is 0.495 e. The first-order valence-electron chi connectivity index (χ1n) is 16.0. The minimum atomic E-state index is 0.556. The Morgan fingerprint density at radius 1 is 0.864 bits per heavy atom. The monoisotopic (exact) mass is 660 g/mol. The Kier molecular flexibility index (Phi) is 15.0. The van der Waals surface area contributed by atoms with Crippen LogP contribution < -0.4 is 20.5 Å². The Morgan fingerprint density at radius 3 is 2.02 bits per heavy atom. The van der Waals surface area contributed by atoms with Crippen molar-refractivity contribution in [3.63, 3.8) is 0 Å². The van der Waals surface area contributed by atoms with Gasteiger partial charge in [0.25, 0.3) is 0 Å². The van der Waals surface area contributed by atoms with Crippen LogP contribution >= 0.6 is 34.5 Å². The lowest BCUT2D eigenvalue weighted by molar-refractivity contribution is 0.390. The minimum Gasteiger partial charge on any atom is -0.495 e. The summed E-state index contributed by atoms with van der Waals surface area (Å²) in [5.41, 5.74) is 10.9. The van der Waals surface area contributed by atoms with Crippen molar-refractivity contribution in [3.05, 3.63) is 51.6 Å². The predicted octanol–water partition coefficient (Wildman–Crippen LogP) is 12.2. The summed E-state index contributed by atoms with van der Waals surface area (Å²) < 4.78 is 5.99. The van der Waals surface area contributed by atoms with Gasteiger partial charge in [-0.15, -0.1) is 10.2 Å². The van der Waals surface area contributed by atoms with Crippen molar-refractivity contribution >= 4 is 61.7 Å². The molecule has 44 heavy (non-hydrogen) atoms. The first-order chi connectivity index (χ1) is 21.2. The van der Waals surface area contributed by atoms with E-state index in [9.17, 15) is 0 Å². The molecule has 0 aliphatic rings. The highest BCUT2D eigenvalue weighted by atomic mass is 35.5. The molecular weight excluding hydrogens is 611 g/mol. The highest BCUT2D eigenvalue weighted by Gasteiger charge is 2.21. The first-order valence-corrected chi connectivity index (χ1v) is 17.6. The Morgan fingerprint density at radius 2 is 1.48 bits per heavy atom. The van der Waals surface area contributed by atoms with Crippen LogP contribution in [-0.2, 0) is 0 Å². The summed E-state index contributed by atoms with van der Waals surface area (Å²) in [6.45, 7) is 15.3. The van der Waals surface area contributed by atoms with Crippen LogP contribution in [0.2, 0.25) is 10.0 Å². The van der Waals surface area contributed by atoms with Gasteiger partial charge in [0, 0.05) is 29.2 Å². The predicted molar refractivity (Wildman–Crippen MR) is 191 cm³/mol. The van der Waals surface area contributed by atoms with Gasteiger partial charge in [-0.2, -0.15) is 0 Å². The van der Waals surface area contributed by atoms with Gasteiger partial charge in [-0.25, -0.2) is 4.98 Å². The summed E-state index contributed by atoms with van der Waals surface area (Å²) in [6, 6.07) is 9.52. The number of unbranched alkanes of at least 4 members (excludes halogenated alkanes) is 2. The number of hydrogen-bond donors (Lipinski definition) is 2. The molecule has 0 saturated carbocycles. The second kappa shape index (κ2) is 18.4. The second-order valence-electron chi connectivity index (χ2n) is 11.6. The quantitative estimate of drug-likeness (QED) is 0.0988. The Labute approximate surface area is 278 Å². The number of nitrogens with zero attached hydrogens (tertiary/aromatic N) is 4. The summed E-state index contributed by atoms with van der Waals surface area (Å²) in [4.78, 5) is 7.17. The maximum Gasteiger partial charge on any atom is 0.232 e. The molecule has 242 valence electrons. The van der Waals surface area contributed by atoms with Crippen molar-refractivity contribution in [3.8, 4) is 5.75 Å². The number of benzene rings is 2. The van der Waals surface area contributed by atoms with E-state index < -0.39 is 0 Å². The molecule has 2 aromatic carbocycles. The van der Waals surface area contributed by atoms with Crippen LogP contribution in [0.15, 0.2) is 40.6 Å². The molecule has 0 aliphatic carbocycles. The third kappa shape index (κ3) is 10.8. The maximum absolute atomic E-state index is 6.12. The zero-order valence-electron chi connectivity index (χ0n) is 27.5. The van der Waals surface area contributed by atoms with Crippen LogP contribution in [0.1, 0.15) is 90.3 Å². The average Bonchev–Trinajstić information content (AvgIpc) is 3.36. The van der Waals surface area contributed by atoms with Crippen LogP contribution in [0.4, 0.5) is 27.2 Å². The van der Waals surface area contributed by atoms with Gasteiger partial charge in [0.2, 0.25) is 5.13 Å². The molecule has 0 aliphatic heterocycles. The molecule has 3 aromatic rings. The average molecular weight is 662 g/mol. The molecule has 0 saturated heterocycles. The normalized spacial score (nSPS) is 12.8. The lowest BCUT2D eigenvalue weighted by Gasteiger charge is -2.33. The molecule has 0 bridgehead atoms. The third-order valence-electron chi connectivity index (χ3n) is 8.09. The molecule has 2 unspecified atom stereocenters. The number of halogens is 2. The van der Waals surface area contributed by atoms with Gasteiger partial charge in [-0.05, 0) is 68.4 Å². The highest BCUT2D eigenvalue weighted by Crippen LogP contribution is 2.39. The Hall–Kier alpha value is -2.55. The van der Waals surface area contributed by atoms with E-state index >= 15 is 0 Å². The van der Waals surface area contributed by atoms with Crippen molar-refractivity contribution < 1.29 is 4.74 Å². The fourth-order valence-corrected chi connectivity index (χ4v) is 6.57. The van der Waals surface area contributed by atoms with Crippen molar-refractivity contribution in [1.29, 1.82) is 0 Å². The van der Waals surface area contributed by atoms with E-state index in [4.69, 9.17) is 27.9 Å². The molecule has 7 nitrogen and oxygen atoms in total. The van der Waals surface area contributed by atoms with Crippen LogP contribution in [0.5, 0.6) is 5.75 Å². The molecule has 0 fully saturated rings. The van der Waals surface area contributed by atoms with Crippen molar-refractivity contribution in [1.82, 2.24) is 4.98 Å². The molecule has 0 amide bonds. The lowest BCUT2D eigenvalue weighted by atomic mass is 9.95. The molecular formula is C34H50Cl2N6OS. The van der Waals surface area contributed by atoms with Gasteiger partial charge < -0.3 is 15.1 Å². The van der Waals surface area contributed by atoms with Gasteiger partial charge >= 0.3 is 0 Å². The van der Waals surface area contributed by atoms with Crippen LogP contribution in [-0.4, -0.2) is 25.2 Å². The number of rotatable bonds is 19. The number of azo groups is 1. The number of methoxy groups -OCH3 is 1. The Balaban J connectivity index is 1.83. The number of hydrogen-bond acceptors (Lipinski definition) is 8. The number of ether oxygens (including phenoxy) is 1. The fourth-order valence-electron chi connectivity index (χ4n) is 5.30. The number of thiazole rings is 1. The summed E-state index contributed by atoms with van der Waals surface area (Å²) in [5.74, 6) is 2.15. The highest BCUT2D eigenvalue weighted by molar-refractivity contribution is 7.19. The van der Waals surface area contributed by atoms with E-state index in [-0.39, 0.29) is 0 Å². The van der Waals surface area contributed by atoms with Crippen LogP contribution in [0.25, 0.3) is 0 Å². The van der Waals surface area contributed by atoms with E-state index in [0.29, 0.717) is 27.0 Å². The fraction of sp³-hybridized carbons (Fsp3) is 0.559. The molecule has 0 spiro atoms. The Bertz CT molecular complexity index is 1310. The number of aryl methyl sites for hydroxylation is 2. The van der Waals surface area contributed by atoms with Gasteiger partial charge in [-0.3, -0.25) is 5.43 Å². The molecule has 2 atom stereocenters. The SMILES string of the molecule is CCCCC(CC)CN(CC(CC)CCCC)c1cc(C)c(N=Nc2nc(C)c(NNc3cc(Cl)cc(Cl)c3)s2)cc1OC.